The Morgan fingerprint density at radius 1 is 1.22 bits per heavy atom. The Labute approximate surface area is 116 Å². The van der Waals surface area contributed by atoms with Crippen LogP contribution in [0.5, 0.6) is 0 Å². The van der Waals surface area contributed by atoms with E-state index in [9.17, 15) is 0 Å². The number of hydrogen-bond donors (Lipinski definition) is 1. The summed E-state index contributed by atoms with van der Waals surface area (Å²) in [6.45, 7) is 13.6. The Balaban J connectivity index is 1.80. The molecule has 2 aliphatic heterocycles. The number of hydrogen-bond acceptors (Lipinski definition) is 4. The van der Waals surface area contributed by atoms with Gasteiger partial charge in [0.05, 0.1) is 13.2 Å². The highest BCUT2D eigenvalue weighted by atomic mass is 32.2. The Morgan fingerprint density at radius 3 is 2.61 bits per heavy atom. The van der Waals surface area contributed by atoms with Crippen LogP contribution >= 0.6 is 11.8 Å². The van der Waals surface area contributed by atoms with Crippen molar-refractivity contribution in [2.45, 2.75) is 43.7 Å². The second-order valence-electron chi connectivity index (χ2n) is 5.83. The van der Waals surface area contributed by atoms with Crippen LogP contribution < -0.4 is 5.32 Å². The molecule has 4 heteroatoms. The average molecular weight is 272 g/mol. The van der Waals surface area contributed by atoms with Crippen molar-refractivity contribution in [2.24, 2.45) is 5.92 Å². The van der Waals surface area contributed by atoms with E-state index < -0.39 is 0 Å². The van der Waals surface area contributed by atoms with Crippen LogP contribution in [0.15, 0.2) is 0 Å². The second-order valence-corrected chi connectivity index (χ2v) is 7.72. The molecule has 0 saturated carbocycles. The van der Waals surface area contributed by atoms with E-state index in [-0.39, 0.29) is 0 Å². The minimum atomic E-state index is 0.574. The number of nitrogens with one attached hydrogen (secondary N) is 1. The van der Waals surface area contributed by atoms with Crippen LogP contribution in [0.4, 0.5) is 0 Å². The zero-order valence-electron chi connectivity index (χ0n) is 12.0. The van der Waals surface area contributed by atoms with Crippen LogP contribution in [0, 0.1) is 5.92 Å². The summed E-state index contributed by atoms with van der Waals surface area (Å²) in [4.78, 5) is 2.64. The lowest BCUT2D eigenvalue weighted by molar-refractivity contribution is 0.166. The lowest BCUT2D eigenvalue weighted by Crippen LogP contribution is -2.47. The molecule has 4 atom stereocenters. The Hall–Kier alpha value is 0.230. The van der Waals surface area contributed by atoms with Gasteiger partial charge in [-0.05, 0) is 13.0 Å². The molecule has 3 nitrogen and oxygen atoms in total. The first-order valence-corrected chi connectivity index (χ1v) is 8.32. The molecule has 2 saturated heterocycles. The van der Waals surface area contributed by atoms with Gasteiger partial charge in [0, 0.05) is 42.1 Å². The van der Waals surface area contributed by atoms with Gasteiger partial charge in [-0.1, -0.05) is 20.8 Å². The van der Waals surface area contributed by atoms with E-state index in [1.54, 1.807) is 0 Å². The van der Waals surface area contributed by atoms with Gasteiger partial charge < -0.3 is 15.0 Å². The predicted molar refractivity (Wildman–Crippen MR) is 79.3 cm³/mol. The fourth-order valence-electron chi connectivity index (χ4n) is 3.10. The molecule has 0 aromatic carbocycles. The highest BCUT2D eigenvalue weighted by Gasteiger charge is 2.31. The van der Waals surface area contributed by atoms with E-state index in [0.29, 0.717) is 12.0 Å². The molecule has 0 aliphatic carbocycles. The third-order valence-corrected chi connectivity index (χ3v) is 5.07. The molecule has 0 radical (unpaired) electrons. The molecule has 0 spiro atoms. The zero-order valence-corrected chi connectivity index (χ0v) is 12.8. The van der Waals surface area contributed by atoms with Crippen molar-refractivity contribution >= 4 is 11.8 Å². The van der Waals surface area contributed by atoms with E-state index in [0.717, 1.165) is 30.3 Å². The molecule has 2 rings (SSSR count). The van der Waals surface area contributed by atoms with Gasteiger partial charge in [-0.15, -0.1) is 0 Å². The van der Waals surface area contributed by atoms with Crippen molar-refractivity contribution in [2.75, 3.05) is 39.4 Å². The molecular formula is C14H28N2OS. The first kappa shape index (κ1) is 14.6. The van der Waals surface area contributed by atoms with Crippen molar-refractivity contribution in [3.8, 4) is 0 Å². The van der Waals surface area contributed by atoms with Crippen LogP contribution in [-0.4, -0.2) is 60.8 Å². The molecule has 0 aromatic rings. The smallest absolute Gasteiger partial charge is 0.0623 e. The van der Waals surface area contributed by atoms with Crippen molar-refractivity contribution in [3.63, 3.8) is 0 Å². The van der Waals surface area contributed by atoms with Gasteiger partial charge in [0.1, 0.15) is 0 Å². The Bertz CT molecular complexity index is 242. The van der Waals surface area contributed by atoms with Gasteiger partial charge in [0.15, 0.2) is 0 Å². The molecule has 4 unspecified atom stereocenters. The van der Waals surface area contributed by atoms with Crippen LogP contribution in [0.3, 0.4) is 0 Å². The fourth-order valence-corrected chi connectivity index (χ4v) is 4.49. The van der Waals surface area contributed by atoms with Crippen LogP contribution in [0.25, 0.3) is 0 Å². The number of thioether (sulfide) groups is 1. The second kappa shape index (κ2) is 7.13. The zero-order chi connectivity index (χ0) is 13.0. The summed E-state index contributed by atoms with van der Waals surface area (Å²) in [6.07, 6.45) is 1.21. The van der Waals surface area contributed by atoms with Gasteiger partial charge in [-0.2, -0.15) is 11.8 Å². The molecular weight excluding hydrogens is 244 g/mol. The third-order valence-electron chi connectivity index (χ3n) is 3.84. The molecule has 1 N–H and O–H groups in total. The first-order chi connectivity index (χ1) is 8.69. The van der Waals surface area contributed by atoms with E-state index in [2.05, 4.69) is 42.7 Å². The van der Waals surface area contributed by atoms with Crippen LogP contribution in [0.1, 0.15) is 27.2 Å². The average Bonchev–Trinajstić information content (AvgIpc) is 2.72. The van der Waals surface area contributed by atoms with Crippen molar-refractivity contribution in [1.82, 2.24) is 10.2 Å². The maximum atomic E-state index is 5.67. The minimum Gasteiger partial charge on any atom is -0.379 e. The topological polar surface area (TPSA) is 24.5 Å². The lowest BCUT2D eigenvalue weighted by Gasteiger charge is -2.36. The van der Waals surface area contributed by atoms with E-state index in [1.165, 1.54) is 26.1 Å². The van der Waals surface area contributed by atoms with Crippen LogP contribution in [-0.2, 0) is 4.74 Å². The summed E-state index contributed by atoms with van der Waals surface area (Å²) in [5, 5.41) is 5.19. The number of nitrogens with zero attached hydrogens (tertiary/aromatic N) is 1. The standard InChI is InChI=1S/C14H28N2OS/c1-4-5-15-14-10-17-9-13(14)8-16-6-11(2)18-12(3)7-16/h11-15H,4-10H2,1-3H3. The van der Waals surface area contributed by atoms with E-state index in [1.807, 2.05) is 0 Å². The normalized spacial score (nSPS) is 38.2. The van der Waals surface area contributed by atoms with E-state index >= 15 is 0 Å². The van der Waals surface area contributed by atoms with E-state index in [4.69, 9.17) is 4.74 Å². The molecule has 2 aliphatic rings. The fraction of sp³-hybridized carbons (Fsp3) is 1.00. The SMILES string of the molecule is CCCNC1COCC1CN1CC(C)SC(C)C1. The molecule has 18 heavy (non-hydrogen) atoms. The summed E-state index contributed by atoms with van der Waals surface area (Å²) < 4.78 is 5.67. The quantitative estimate of drug-likeness (QED) is 0.825. The molecule has 106 valence electrons. The van der Waals surface area contributed by atoms with Crippen molar-refractivity contribution < 1.29 is 4.74 Å². The predicted octanol–water partition coefficient (Wildman–Crippen LogP) is 1.83. The Kier molecular flexibility index (Phi) is 5.80. The van der Waals surface area contributed by atoms with Gasteiger partial charge in [-0.25, -0.2) is 0 Å². The molecule has 2 heterocycles. The summed E-state index contributed by atoms with van der Waals surface area (Å²) in [5.41, 5.74) is 0. The first-order valence-electron chi connectivity index (χ1n) is 7.38. The molecule has 0 bridgehead atoms. The largest absolute Gasteiger partial charge is 0.379 e. The maximum Gasteiger partial charge on any atom is 0.0623 e. The molecule has 0 aromatic heterocycles. The molecule has 0 amide bonds. The van der Waals surface area contributed by atoms with Crippen LogP contribution in [0.2, 0.25) is 0 Å². The summed E-state index contributed by atoms with van der Waals surface area (Å²) in [5.74, 6) is 0.680. The van der Waals surface area contributed by atoms with Gasteiger partial charge in [-0.3, -0.25) is 0 Å². The third kappa shape index (κ3) is 4.12. The number of ether oxygens (including phenoxy) is 1. The summed E-state index contributed by atoms with van der Waals surface area (Å²) in [6, 6.07) is 0.574. The van der Waals surface area contributed by atoms with Crippen molar-refractivity contribution in [3.05, 3.63) is 0 Å². The number of rotatable bonds is 5. The Morgan fingerprint density at radius 2 is 1.94 bits per heavy atom. The highest BCUT2D eigenvalue weighted by molar-refractivity contribution is 8.00. The minimum absolute atomic E-state index is 0.574. The highest BCUT2D eigenvalue weighted by Crippen LogP contribution is 2.26. The maximum absolute atomic E-state index is 5.67. The summed E-state index contributed by atoms with van der Waals surface area (Å²) in [7, 11) is 0. The lowest BCUT2D eigenvalue weighted by atomic mass is 10.0. The van der Waals surface area contributed by atoms with Gasteiger partial charge >= 0.3 is 0 Å². The van der Waals surface area contributed by atoms with Gasteiger partial charge in [0.25, 0.3) is 0 Å². The molecule has 2 fully saturated rings. The van der Waals surface area contributed by atoms with Crippen molar-refractivity contribution in [1.29, 1.82) is 0 Å². The summed E-state index contributed by atoms with van der Waals surface area (Å²) >= 11 is 2.13. The monoisotopic (exact) mass is 272 g/mol. The van der Waals surface area contributed by atoms with Gasteiger partial charge in [0.2, 0.25) is 0 Å².